The summed E-state index contributed by atoms with van der Waals surface area (Å²) in [6.45, 7) is 8.02. The molecule has 5 rings (SSSR count). The van der Waals surface area contributed by atoms with Gasteiger partial charge in [-0.2, -0.15) is 4.57 Å². The minimum absolute atomic E-state index is 0.259. The van der Waals surface area contributed by atoms with E-state index in [0.29, 0.717) is 0 Å². The Bertz CT molecular complexity index is 1240. The Balaban J connectivity index is 1.52. The van der Waals surface area contributed by atoms with Crippen molar-refractivity contribution in [1.82, 2.24) is 0 Å². The van der Waals surface area contributed by atoms with Crippen LogP contribution in [0.2, 0.25) is 0 Å². The third kappa shape index (κ3) is 3.99. The van der Waals surface area contributed by atoms with Gasteiger partial charge in [0.05, 0.1) is 10.7 Å². The van der Waals surface area contributed by atoms with Crippen LogP contribution in [0, 0.1) is 5.41 Å². The molecule has 0 unspecified atom stereocenters. The van der Waals surface area contributed by atoms with E-state index >= 15 is 0 Å². The monoisotopic (exact) mass is 445 g/mol. The lowest BCUT2D eigenvalue weighted by Gasteiger charge is -2.31. The average Bonchev–Trinajstić information content (AvgIpc) is 3.24. The third-order valence-electron chi connectivity index (χ3n) is 6.08. The van der Waals surface area contributed by atoms with E-state index in [9.17, 15) is 0 Å². The number of hydrogen-bond donors (Lipinski definition) is 0. The van der Waals surface area contributed by atoms with Crippen LogP contribution in [0.25, 0.3) is 16.3 Å². The molecule has 0 radical (unpaired) electrons. The van der Waals surface area contributed by atoms with Crippen molar-refractivity contribution in [2.45, 2.75) is 38.5 Å². The Morgan fingerprint density at radius 2 is 1.81 bits per heavy atom. The van der Waals surface area contributed by atoms with Crippen molar-refractivity contribution >= 4 is 45.1 Å². The van der Waals surface area contributed by atoms with Gasteiger partial charge in [0.2, 0.25) is 5.52 Å². The van der Waals surface area contributed by atoms with Gasteiger partial charge in [0.25, 0.3) is 5.01 Å². The Morgan fingerprint density at radius 3 is 2.61 bits per heavy atom. The van der Waals surface area contributed by atoms with E-state index in [1.807, 2.05) is 23.1 Å². The van der Waals surface area contributed by atoms with Crippen molar-refractivity contribution in [3.63, 3.8) is 0 Å². The molecule has 3 aromatic rings. The number of thioether (sulfide) groups is 1. The normalized spacial score (nSPS) is 20.5. The summed E-state index contributed by atoms with van der Waals surface area (Å²) >= 11 is 3.77. The molecule has 2 heterocycles. The maximum absolute atomic E-state index is 2.44. The van der Waals surface area contributed by atoms with Gasteiger partial charge < -0.3 is 4.90 Å². The van der Waals surface area contributed by atoms with E-state index in [2.05, 4.69) is 104 Å². The predicted octanol–water partition coefficient (Wildman–Crippen LogP) is 7.33. The van der Waals surface area contributed by atoms with Gasteiger partial charge in [0.1, 0.15) is 11.7 Å². The molecule has 1 aromatic heterocycles. The molecule has 4 heteroatoms. The standard InChI is InChI=1S/C27H29N2S2/c1-5-29-22-11-7-9-13-24(22)31-26(29)16-20-14-19(17-27(2,3)18-20)15-25-28(4)21-10-6-8-12-23(21)30-25/h6-16H,5,17-18H2,1-4H3/q+1. The number of thiazole rings is 1. The summed E-state index contributed by atoms with van der Waals surface area (Å²) in [4.78, 5) is 3.80. The fraction of sp³-hybridized carbons (Fsp3) is 0.296. The first-order chi connectivity index (χ1) is 14.9. The molecule has 0 saturated heterocycles. The van der Waals surface area contributed by atoms with Crippen molar-refractivity contribution in [3.8, 4) is 0 Å². The summed E-state index contributed by atoms with van der Waals surface area (Å²) in [6.07, 6.45) is 9.48. The lowest BCUT2D eigenvalue weighted by atomic mass is 9.75. The van der Waals surface area contributed by atoms with Crippen molar-refractivity contribution in [2.75, 3.05) is 11.4 Å². The molecule has 0 atom stereocenters. The zero-order valence-electron chi connectivity index (χ0n) is 18.7. The number of fused-ring (bicyclic) bond motifs is 2. The van der Waals surface area contributed by atoms with E-state index < -0.39 is 0 Å². The Morgan fingerprint density at radius 1 is 1.03 bits per heavy atom. The molecule has 158 valence electrons. The van der Waals surface area contributed by atoms with Gasteiger partial charge in [-0.3, -0.25) is 0 Å². The molecule has 2 aromatic carbocycles. The number of rotatable bonds is 3. The van der Waals surface area contributed by atoms with Gasteiger partial charge in [-0.25, -0.2) is 0 Å². The zero-order valence-corrected chi connectivity index (χ0v) is 20.3. The Hall–Kier alpha value is -2.30. The first-order valence-electron chi connectivity index (χ1n) is 11.0. The number of anilines is 1. The molecule has 31 heavy (non-hydrogen) atoms. The Labute approximate surface area is 193 Å². The van der Waals surface area contributed by atoms with Gasteiger partial charge >= 0.3 is 0 Å². The van der Waals surface area contributed by atoms with Crippen LogP contribution in [0.15, 0.2) is 81.8 Å². The van der Waals surface area contributed by atoms with E-state index in [1.54, 1.807) is 0 Å². The van der Waals surface area contributed by atoms with Crippen LogP contribution in [-0.2, 0) is 7.05 Å². The summed E-state index contributed by atoms with van der Waals surface area (Å²) in [5, 5.41) is 2.66. The molecule has 0 amide bonds. The van der Waals surface area contributed by atoms with Gasteiger partial charge in [-0.15, -0.1) is 0 Å². The number of aromatic nitrogens is 1. The smallest absolute Gasteiger partial charge is 0.262 e. The maximum atomic E-state index is 2.44. The first kappa shape index (κ1) is 20.6. The number of allylic oxidation sites excluding steroid dienone is 4. The molecule has 2 aliphatic rings. The number of para-hydroxylation sites is 2. The molecule has 0 spiro atoms. The molecule has 0 bridgehead atoms. The predicted molar refractivity (Wildman–Crippen MR) is 135 cm³/mol. The molecule has 0 saturated carbocycles. The summed E-state index contributed by atoms with van der Waals surface area (Å²) < 4.78 is 3.67. The van der Waals surface area contributed by atoms with Crippen molar-refractivity contribution in [3.05, 3.63) is 81.9 Å². The lowest BCUT2D eigenvalue weighted by molar-refractivity contribution is -0.642. The molecule has 1 aliphatic heterocycles. The second kappa shape index (κ2) is 7.99. The highest BCUT2D eigenvalue weighted by Gasteiger charge is 2.28. The third-order valence-corrected chi connectivity index (χ3v) is 8.36. The second-order valence-electron chi connectivity index (χ2n) is 9.22. The van der Waals surface area contributed by atoms with Crippen molar-refractivity contribution < 1.29 is 4.57 Å². The second-order valence-corrected chi connectivity index (χ2v) is 11.3. The number of benzene rings is 2. The molecule has 0 fully saturated rings. The largest absolute Gasteiger partial charge is 0.335 e. The zero-order chi connectivity index (χ0) is 21.6. The van der Waals surface area contributed by atoms with Crippen molar-refractivity contribution in [1.29, 1.82) is 0 Å². The van der Waals surface area contributed by atoms with Crippen LogP contribution >= 0.6 is 23.1 Å². The summed E-state index contributed by atoms with van der Waals surface area (Å²) in [7, 11) is 2.18. The number of hydrogen-bond acceptors (Lipinski definition) is 3. The minimum Gasteiger partial charge on any atom is -0.335 e. The molecular formula is C27H29N2S2+. The summed E-state index contributed by atoms with van der Waals surface area (Å²) in [5.74, 6) is 0. The topological polar surface area (TPSA) is 7.12 Å². The minimum atomic E-state index is 0.259. The van der Waals surface area contributed by atoms with E-state index in [0.717, 1.165) is 19.4 Å². The lowest BCUT2D eigenvalue weighted by Crippen LogP contribution is -2.29. The average molecular weight is 446 g/mol. The fourth-order valence-electron chi connectivity index (χ4n) is 4.74. The van der Waals surface area contributed by atoms with E-state index in [4.69, 9.17) is 0 Å². The van der Waals surface area contributed by atoms with Gasteiger partial charge in [0, 0.05) is 23.6 Å². The van der Waals surface area contributed by atoms with Crippen LogP contribution in [-0.4, -0.2) is 6.54 Å². The highest BCUT2D eigenvalue weighted by Crippen LogP contribution is 2.47. The fourth-order valence-corrected chi connectivity index (χ4v) is 7.07. The van der Waals surface area contributed by atoms with Gasteiger partial charge in [-0.05, 0) is 60.6 Å². The maximum Gasteiger partial charge on any atom is 0.262 e. The van der Waals surface area contributed by atoms with Gasteiger partial charge in [-0.1, -0.05) is 67.3 Å². The van der Waals surface area contributed by atoms with Gasteiger partial charge in [0.15, 0.2) is 0 Å². The van der Waals surface area contributed by atoms with Crippen LogP contribution in [0.1, 0.15) is 38.6 Å². The summed E-state index contributed by atoms with van der Waals surface area (Å²) in [6, 6.07) is 17.4. The SMILES string of the molecule is CCN1/C(=C/C2=CC(=C/c3sc4ccccc4[n+]3C)/CC(C)(C)C2)Sc2ccccc21. The van der Waals surface area contributed by atoms with Crippen molar-refractivity contribution in [2.24, 2.45) is 12.5 Å². The molecule has 0 N–H and O–H groups in total. The number of aryl methyl sites for hydroxylation is 1. The van der Waals surface area contributed by atoms with Crippen LogP contribution in [0.3, 0.4) is 0 Å². The summed E-state index contributed by atoms with van der Waals surface area (Å²) in [5.41, 5.74) is 5.76. The van der Waals surface area contributed by atoms with Crippen LogP contribution in [0.5, 0.6) is 0 Å². The molecule has 2 nitrogen and oxygen atoms in total. The highest BCUT2D eigenvalue weighted by atomic mass is 32.2. The first-order valence-corrected chi connectivity index (χ1v) is 12.6. The van der Waals surface area contributed by atoms with E-state index in [-0.39, 0.29) is 5.41 Å². The van der Waals surface area contributed by atoms with E-state index in [1.165, 1.54) is 42.0 Å². The number of nitrogens with zero attached hydrogens (tertiary/aromatic N) is 2. The quantitative estimate of drug-likeness (QED) is 0.390. The Kier molecular flexibility index (Phi) is 5.31. The highest BCUT2D eigenvalue weighted by molar-refractivity contribution is 8.03. The van der Waals surface area contributed by atoms with Crippen LogP contribution in [0.4, 0.5) is 5.69 Å². The molecule has 1 aliphatic carbocycles. The van der Waals surface area contributed by atoms with Crippen LogP contribution < -0.4 is 9.47 Å². The molecular weight excluding hydrogens is 416 g/mol.